The Morgan fingerprint density at radius 2 is 1.77 bits per heavy atom. The second-order valence-corrected chi connectivity index (χ2v) is 8.38. The van der Waals surface area contributed by atoms with Gasteiger partial charge in [-0.15, -0.1) is 0 Å². The van der Waals surface area contributed by atoms with Gasteiger partial charge in [-0.1, -0.05) is 6.07 Å². The minimum absolute atomic E-state index is 0.320. The maximum atomic E-state index is 6.38. The Morgan fingerprint density at radius 1 is 0.903 bits per heavy atom. The van der Waals surface area contributed by atoms with Crippen molar-refractivity contribution in [1.29, 1.82) is 0 Å². The van der Waals surface area contributed by atoms with Crippen molar-refractivity contribution in [3.05, 3.63) is 65.9 Å². The molecule has 0 radical (unpaired) electrons. The molecule has 0 N–H and O–H groups in total. The number of hydrogen-bond donors (Lipinski definition) is 0. The van der Waals surface area contributed by atoms with E-state index in [2.05, 4.69) is 29.2 Å². The minimum atomic E-state index is -0.506. The lowest BCUT2D eigenvalue weighted by Gasteiger charge is -2.44. The number of benzene rings is 2. The topological polar surface area (TPSA) is 53.3 Å². The molecule has 0 aliphatic carbocycles. The molecule has 1 spiro atoms. The van der Waals surface area contributed by atoms with Gasteiger partial charge in [0.1, 0.15) is 11.5 Å². The van der Waals surface area contributed by atoms with Gasteiger partial charge in [-0.05, 0) is 54.4 Å². The fraction of sp³-hybridized carbons (Fsp3) is 0.360. The predicted octanol–water partition coefficient (Wildman–Crippen LogP) is 4.62. The fourth-order valence-electron chi connectivity index (χ4n) is 4.57. The highest BCUT2D eigenvalue weighted by Gasteiger charge is 2.40. The molecule has 0 bridgehead atoms. The molecule has 1 fully saturated rings. The maximum Gasteiger partial charge on any atom is 0.231 e. The second kappa shape index (κ2) is 7.62. The van der Waals surface area contributed by atoms with Crippen molar-refractivity contribution in [3.63, 3.8) is 0 Å². The maximum absolute atomic E-state index is 6.38. The molecule has 1 aromatic heterocycles. The third-order valence-corrected chi connectivity index (χ3v) is 6.42. The SMILES string of the molecule is c1coc(-c2ccc3c(c2)COC2(CCN(CCc4ccc5c(c4)OCO5)CC2)O3)c1. The van der Waals surface area contributed by atoms with Gasteiger partial charge in [0, 0.05) is 43.6 Å². The van der Waals surface area contributed by atoms with E-state index >= 15 is 0 Å². The van der Waals surface area contributed by atoms with Crippen LogP contribution in [0.1, 0.15) is 24.0 Å². The van der Waals surface area contributed by atoms with E-state index in [4.69, 9.17) is 23.4 Å². The van der Waals surface area contributed by atoms with Crippen LogP contribution < -0.4 is 14.2 Å². The van der Waals surface area contributed by atoms with E-state index < -0.39 is 5.79 Å². The van der Waals surface area contributed by atoms with Crippen molar-refractivity contribution in [2.75, 3.05) is 26.4 Å². The number of furan rings is 1. The van der Waals surface area contributed by atoms with Crippen LogP contribution in [0.2, 0.25) is 0 Å². The fourth-order valence-corrected chi connectivity index (χ4v) is 4.57. The van der Waals surface area contributed by atoms with Crippen LogP contribution in [-0.2, 0) is 17.8 Å². The zero-order valence-electron chi connectivity index (χ0n) is 17.3. The normalized spacial score (nSPS) is 19.2. The summed E-state index contributed by atoms with van der Waals surface area (Å²) in [6.45, 7) is 3.83. The molecular weight excluding hydrogens is 394 g/mol. The van der Waals surface area contributed by atoms with E-state index in [-0.39, 0.29) is 0 Å². The summed E-state index contributed by atoms with van der Waals surface area (Å²) in [5, 5.41) is 0. The first-order valence-electron chi connectivity index (χ1n) is 10.9. The molecule has 0 amide bonds. The summed E-state index contributed by atoms with van der Waals surface area (Å²) >= 11 is 0. The first-order valence-corrected chi connectivity index (χ1v) is 10.9. The quantitative estimate of drug-likeness (QED) is 0.615. The lowest BCUT2D eigenvalue weighted by Crippen LogP contribution is -2.51. The van der Waals surface area contributed by atoms with E-state index in [0.717, 1.165) is 73.0 Å². The van der Waals surface area contributed by atoms with Crippen molar-refractivity contribution in [2.45, 2.75) is 31.7 Å². The molecule has 160 valence electrons. The molecule has 0 unspecified atom stereocenters. The average molecular weight is 419 g/mol. The van der Waals surface area contributed by atoms with Crippen molar-refractivity contribution >= 4 is 0 Å². The van der Waals surface area contributed by atoms with Crippen LogP contribution in [0, 0.1) is 0 Å². The van der Waals surface area contributed by atoms with Gasteiger partial charge in [0.2, 0.25) is 12.6 Å². The first kappa shape index (κ1) is 18.8. The third kappa shape index (κ3) is 3.66. The van der Waals surface area contributed by atoms with Crippen LogP contribution in [0.3, 0.4) is 0 Å². The molecule has 31 heavy (non-hydrogen) atoms. The summed E-state index contributed by atoms with van der Waals surface area (Å²) in [6, 6.07) is 16.3. The van der Waals surface area contributed by atoms with Crippen LogP contribution in [0.5, 0.6) is 17.2 Å². The molecule has 1 saturated heterocycles. The Hall–Kier alpha value is -2.96. The molecule has 2 aromatic carbocycles. The molecule has 3 aliphatic rings. The molecule has 6 nitrogen and oxygen atoms in total. The number of likely N-dealkylation sites (tertiary alicyclic amines) is 1. The van der Waals surface area contributed by atoms with Crippen LogP contribution in [0.15, 0.2) is 59.2 Å². The van der Waals surface area contributed by atoms with Crippen LogP contribution in [0.4, 0.5) is 0 Å². The Morgan fingerprint density at radius 3 is 2.65 bits per heavy atom. The first-order chi connectivity index (χ1) is 15.3. The highest BCUT2D eigenvalue weighted by atomic mass is 16.7. The van der Waals surface area contributed by atoms with Gasteiger partial charge in [0.25, 0.3) is 0 Å². The zero-order valence-corrected chi connectivity index (χ0v) is 17.3. The largest absolute Gasteiger partial charge is 0.464 e. The minimum Gasteiger partial charge on any atom is -0.464 e. The number of ether oxygens (including phenoxy) is 4. The third-order valence-electron chi connectivity index (χ3n) is 6.42. The lowest BCUT2D eigenvalue weighted by atomic mass is 10.00. The van der Waals surface area contributed by atoms with Crippen molar-refractivity contribution in [3.8, 4) is 28.6 Å². The Kier molecular flexibility index (Phi) is 4.62. The molecule has 0 saturated carbocycles. The summed E-state index contributed by atoms with van der Waals surface area (Å²) in [4.78, 5) is 2.48. The monoisotopic (exact) mass is 419 g/mol. The number of fused-ring (bicyclic) bond motifs is 2. The molecule has 3 aliphatic heterocycles. The Labute approximate surface area is 181 Å². The van der Waals surface area contributed by atoms with Gasteiger partial charge >= 0.3 is 0 Å². The zero-order chi connectivity index (χ0) is 20.7. The molecule has 4 heterocycles. The summed E-state index contributed by atoms with van der Waals surface area (Å²) < 4.78 is 29.0. The van der Waals surface area contributed by atoms with Gasteiger partial charge in [0.05, 0.1) is 12.9 Å². The van der Waals surface area contributed by atoms with Crippen LogP contribution >= 0.6 is 0 Å². The standard InChI is InChI=1S/C25H25NO5/c1-2-21(27-13-1)19-4-6-22-20(15-19)16-30-25(31-22)8-11-26(12-9-25)10-7-18-3-5-23-24(14-18)29-17-28-23/h1-6,13-15H,7-12,16-17H2. The molecule has 6 rings (SSSR count). The van der Waals surface area contributed by atoms with Crippen LogP contribution in [-0.4, -0.2) is 37.1 Å². The summed E-state index contributed by atoms with van der Waals surface area (Å²) in [5.41, 5.74) is 3.39. The van der Waals surface area contributed by atoms with E-state index in [1.165, 1.54) is 5.56 Å². The highest BCUT2D eigenvalue weighted by molar-refractivity contribution is 5.60. The molecule has 6 heteroatoms. The van der Waals surface area contributed by atoms with Gasteiger partial charge in [-0.3, -0.25) is 0 Å². The summed E-state index contributed by atoms with van der Waals surface area (Å²) in [7, 11) is 0. The molecule has 0 atom stereocenters. The van der Waals surface area contributed by atoms with Crippen LogP contribution in [0.25, 0.3) is 11.3 Å². The predicted molar refractivity (Wildman–Crippen MR) is 114 cm³/mol. The summed E-state index contributed by atoms with van der Waals surface area (Å²) in [5.74, 6) is 2.98. The van der Waals surface area contributed by atoms with Gasteiger partial charge < -0.3 is 28.3 Å². The van der Waals surface area contributed by atoms with E-state index in [0.29, 0.717) is 13.4 Å². The Bertz CT molecular complexity index is 1070. The smallest absolute Gasteiger partial charge is 0.231 e. The molecule has 3 aromatic rings. The van der Waals surface area contributed by atoms with Gasteiger partial charge in [-0.2, -0.15) is 0 Å². The Balaban J connectivity index is 1.06. The van der Waals surface area contributed by atoms with Crippen molar-refractivity contribution in [2.24, 2.45) is 0 Å². The van der Waals surface area contributed by atoms with Gasteiger partial charge in [0.15, 0.2) is 11.5 Å². The lowest BCUT2D eigenvalue weighted by molar-refractivity contribution is -0.228. The van der Waals surface area contributed by atoms with E-state index in [9.17, 15) is 0 Å². The summed E-state index contributed by atoms with van der Waals surface area (Å²) in [6.07, 6.45) is 4.42. The number of rotatable bonds is 4. The van der Waals surface area contributed by atoms with Crippen molar-refractivity contribution < 1.29 is 23.4 Å². The van der Waals surface area contributed by atoms with Crippen molar-refractivity contribution in [1.82, 2.24) is 4.90 Å². The number of hydrogen-bond acceptors (Lipinski definition) is 6. The average Bonchev–Trinajstić information content (AvgIpc) is 3.50. The number of piperidine rings is 1. The van der Waals surface area contributed by atoms with E-state index in [1.807, 2.05) is 24.3 Å². The second-order valence-electron chi connectivity index (χ2n) is 8.38. The van der Waals surface area contributed by atoms with E-state index in [1.54, 1.807) is 6.26 Å². The highest BCUT2D eigenvalue weighted by Crippen LogP contribution is 2.39. The number of nitrogens with zero attached hydrogens (tertiary/aromatic N) is 1. The van der Waals surface area contributed by atoms with Gasteiger partial charge in [-0.25, -0.2) is 0 Å². The molecular formula is C25H25NO5.